The summed E-state index contributed by atoms with van der Waals surface area (Å²) in [5.41, 5.74) is 1.92. The molecule has 1 fully saturated rings. The number of aliphatic hydroxyl groups is 1. The van der Waals surface area contributed by atoms with Crippen LogP contribution in [0.3, 0.4) is 0 Å². The lowest BCUT2D eigenvalue weighted by molar-refractivity contribution is -0.890. The third kappa shape index (κ3) is 5.32. The third-order valence-electron chi connectivity index (χ3n) is 5.70. The summed E-state index contributed by atoms with van der Waals surface area (Å²) in [6.45, 7) is 3.72. The highest BCUT2D eigenvalue weighted by atomic mass is 16.6. The first kappa shape index (κ1) is 22.6. The van der Waals surface area contributed by atoms with Crippen LogP contribution in [0.15, 0.2) is 53.6 Å². The predicted octanol–water partition coefficient (Wildman–Crippen LogP) is 1.69. The number of hydrogen-bond donors (Lipinski definition) is 4. The number of rotatable bonds is 6. The molecule has 1 aromatic heterocycles. The van der Waals surface area contributed by atoms with E-state index in [2.05, 4.69) is 10.6 Å². The predicted molar refractivity (Wildman–Crippen MR) is 116 cm³/mol. The molecule has 3 rings (SSSR count). The van der Waals surface area contributed by atoms with E-state index in [-0.39, 0.29) is 17.7 Å². The van der Waals surface area contributed by atoms with Gasteiger partial charge in [-0.25, -0.2) is 0 Å². The van der Waals surface area contributed by atoms with Crippen molar-refractivity contribution in [2.24, 2.45) is 0 Å². The Kier molecular flexibility index (Phi) is 6.80. The molecule has 1 saturated carbocycles. The van der Waals surface area contributed by atoms with Crippen LogP contribution in [0.25, 0.3) is 0 Å². The summed E-state index contributed by atoms with van der Waals surface area (Å²) in [5.74, 6) is 0.0517. The SMILES string of the molecule is COC1=CC(=N)/C(=C\NC2CCC(C)(O)CC2)C=C1NC(=O)c1cccc(C)[n+]1OC. The smallest absolute Gasteiger partial charge is 0.325 e. The molecule has 4 N–H and O–H groups in total. The van der Waals surface area contributed by atoms with Crippen molar-refractivity contribution < 1.29 is 24.2 Å². The van der Waals surface area contributed by atoms with Crippen molar-refractivity contribution in [1.82, 2.24) is 10.6 Å². The van der Waals surface area contributed by atoms with Gasteiger partial charge in [-0.3, -0.25) is 9.63 Å². The number of allylic oxidation sites excluding steroid dienone is 3. The summed E-state index contributed by atoms with van der Waals surface area (Å²) < 4.78 is 6.83. The zero-order valence-electron chi connectivity index (χ0n) is 18.5. The maximum Gasteiger partial charge on any atom is 0.325 e. The summed E-state index contributed by atoms with van der Waals surface area (Å²) >= 11 is 0. The molecular formula is C23H31N4O4+. The van der Waals surface area contributed by atoms with Crippen molar-refractivity contribution in [1.29, 1.82) is 5.41 Å². The van der Waals surface area contributed by atoms with E-state index in [9.17, 15) is 9.90 Å². The van der Waals surface area contributed by atoms with Gasteiger partial charge in [-0.2, -0.15) is 0 Å². The molecule has 0 saturated heterocycles. The van der Waals surface area contributed by atoms with Gasteiger partial charge < -0.3 is 25.9 Å². The maximum atomic E-state index is 12.9. The zero-order valence-corrected chi connectivity index (χ0v) is 18.5. The van der Waals surface area contributed by atoms with Crippen LogP contribution in [0.2, 0.25) is 0 Å². The van der Waals surface area contributed by atoms with Crippen molar-refractivity contribution >= 4 is 11.6 Å². The molecule has 31 heavy (non-hydrogen) atoms. The fourth-order valence-corrected chi connectivity index (χ4v) is 3.80. The molecule has 2 aliphatic rings. The monoisotopic (exact) mass is 427 g/mol. The van der Waals surface area contributed by atoms with E-state index in [0.717, 1.165) is 31.4 Å². The van der Waals surface area contributed by atoms with Gasteiger partial charge in [0.05, 0.1) is 24.1 Å². The van der Waals surface area contributed by atoms with Gasteiger partial charge in [0.1, 0.15) is 12.9 Å². The number of aromatic nitrogens is 1. The molecular weight excluding hydrogens is 396 g/mol. The minimum Gasteiger partial charge on any atom is -0.494 e. The quantitative estimate of drug-likeness (QED) is 0.517. The standard InChI is InChI=1S/C23H30N4O4/c1-15-6-5-7-20(27(15)31-4)22(28)26-19-12-16(18(24)13-21(19)30-3)14-25-17-8-10-23(2,29)11-9-17/h5-7,12-14,17,24,28-29H,8-11H2,1-4H3/p+1. The molecule has 8 heteroatoms. The number of nitrogens with one attached hydrogen (secondary N) is 3. The second kappa shape index (κ2) is 9.34. The highest BCUT2D eigenvalue weighted by molar-refractivity contribution is 6.10. The summed E-state index contributed by atoms with van der Waals surface area (Å²) in [7, 11) is 3.00. The molecule has 1 amide bonds. The number of nitrogens with zero attached hydrogens (tertiary/aromatic N) is 1. The van der Waals surface area contributed by atoms with Crippen LogP contribution in [0.4, 0.5) is 0 Å². The Labute approximate surface area is 182 Å². The Morgan fingerprint density at radius 3 is 2.65 bits per heavy atom. The third-order valence-corrected chi connectivity index (χ3v) is 5.70. The Balaban J connectivity index is 1.78. The zero-order chi connectivity index (χ0) is 22.6. The summed E-state index contributed by atoms with van der Waals surface area (Å²) in [6.07, 6.45) is 8.30. The number of ether oxygens (including phenoxy) is 1. The number of pyridine rings is 1. The van der Waals surface area contributed by atoms with E-state index in [4.69, 9.17) is 15.0 Å². The molecule has 166 valence electrons. The Bertz CT molecular complexity index is 952. The Morgan fingerprint density at radius 1 is 1.29 bits per heavy atom. The van der Waals surface area contributed by atoms with Gasteiger partial charge in [0.25, 0.3) is 0 Å². The highest BCUT2D eigenvalue weighted by Gasteiger charge is 2.29. The normalized spacial score (nSPS) is 24.9. The molecule has 8 nitrogen and oxygen atoms in total. The van der Waals surface area contributed by atoms with E-state index < -0.39 is 5.60 Å². The molecule has 2 aliphatic carbocycles. The number of hydrogen-bond acceptors (Lipinski definition) is 6. The van der Waals surface area contributed by atoms with Crippen LogP contribution in [-0.4, -0.2) is 42.6 Å². The van der Waals surface area contributed by atoms with Gasteiger partial charge in [-0.15, -0.1) is 0 Å². The summed E-state index contributed by atoms with van der Waals surface area (Å²) in [5, 5.41) is 24.6. The molecule has 0 aliphatic heterocycles. The number of amides is 1. The number of aryl methyl sites for hydroxylation is 1. The van der Waals surface area contributed by atoms with Crippen LogP contribution in [0.5, 0.6) is 0 Å². The second-order valence-corrected chi connectivity index (χ2v) is 8.21. The van der Waals surface area contributed by atoms with Crippen LogP contribution >= 0.6 is 0 Å². The Morgan fingerprint density at radius 2 is 2.00 bits per heavy atom. The molecule has 1 heterocycles. The molecule has 0 spiro atoms. The molecule has 0 unspecified atom stereocenters. The van der Waals surface area contributed by atoms with E-state index in [1.54, 1.807) is 30.5 Å². The fourth-order valence-electron chi connectivity index (χ4n) is 3.80. The molecule has 1 aromatic rings. The van der Waals surface area contributed by atoms with Crippen LogP contribution in [0, 0.1) is 12.3 Å². The van der Waals surface area contributed by atoms with Gasteiger partial charge in [-0.1, -0.05) is 0 Å². The minimum atomic E-state index is -0.592. The topological polar surface area (TPSA) is 108 Å². The first-order chi connectivity index (χ1) is 14.7. The number of carbonyl (C=O) groups excluding carboxylic acids is 1. The first-order valence-electron chi connectivity index (χ1n) is 10.4. The van der Waals surface area contributed by atoms with Gasteiger partial charge in [0.2, 0.25) is 5.69 Å². The van der Waals surface area contributed by atoms with Crippen molar-refractivity contribution in [3.63, 3.8) is 0 Å². The summed E-state index contributed by atoms with van der Waals surface area (Å²) in [6, 6.07) is 5.55. The van der Waals surface area contributed by atoms with E-state index in [1.165, 1.54) is 19.0 Å². The van der Waals surface area contributed by atoms with Crippen molar-refractivity contribution in [2.75, 3.05) is 14.2 Å². The lowest BCUT2D eigenvalue weighted by Crippen LogP contribution is -2.50. The molecule has 0 bridgehead atoms. The van der Waals surface area contributed by atoms with Crippen molar-refractivity contribution in [2.45, 2.75) is 51.2 Å². The Hall–Kier alpha value is -3.13. The number of methoxy groups -OCH3 is 1. The molecule has 0 radical (unpaired) electrons. The lowest BCUT2D eigenvalue weighted by atomic mass is 9.84. The van der Waals surface area contributed by atoms with Crippen LogP contribution in [0.1, 0.15) is 48.8 Å². The van der Waals surface area contributed by atoms with E-state index >= 15 is 0 Å². The lowest BCUT2D eigenvalue weighted by Gasteiger charge is -2.33. The maximum absolute atomic E-state index is 12.9. The van der Waals surface area contributed by atoms with Crippen molar-refractivity contribution in [3.05, 3.63) is 65.0 Å². The van der Waals surface area contributed by atoms with Gasteiger partial charge in [-0.05, 0) is 44.7 Å². The first-order valence-corrected chi connectivity index (χ1v) is 10.4. The fraction of sp³-hybridized carbons (Fsp3) is 0.435. The van der Waals surface area contributed by atoms with E-state index in [0.29, 0.717) is 22.7 Å². The van der Waals surface area contributed by atoms with Gasteiger partial charge >= 0.3 is 11.6 Å². The van der Waals surface area contributed by atoms with E-state index in [1.807, 2.05) is 19.9 Å². The minimum absolute atomic E-state index is 0.243. The van der Waals surface area contributed by atoms with Gasteiger partial charge in [0, 0.05) is 47.7 Å². The molecule has 0 atom stereocenters. The van der Waals surface area contributed by atoms with Crippen LogP contribution in [-0.2, 0) is 4.74 Å². The number of carbonyl (C=O) groups is 1. The van der Waals surface area contributed by atoms with Crippen molar-refractivity contribution in [3.8, 4) is 0 Å². The van der Waals surface area contributed by atoms with Gasteiger partial charge in [0.15, 0.2) is 0 Å². The molecule has 0 aromatic carbocycles. The largest absolute Gasteiger partial charge is 0.494 e. The second-order valence-electron chi connectivity index (χ2n) is 8.21. The average molecular weight is 428 g/mol. The average Bonchev–Trinajstić information content (AvgIpc) is 2.74. The van der Waals surface area contributed by atoms with Crippen LogP contribution < -0.4 is 20.2 Å². The summed E-state index contributed by atoms with van der Waals surface area (Å²) in [4.78, 5) is 18.2. The highest BCUT2D eigenvalue weighted by Crippen LogP contribution is 2.28.